The van der Waals surface area contributed by atoms with Crippen LogP contribution in [0.2, 0.25) is 0 Å². The Morgan fingerprint density at radius 1 is 1.33 bits per heavy atom. The molecule has 1 aromatic heterocycles. The minimum atomic E-state index is -0.217. The standard InChI is InChI=1S/C12H13N3O3/c1-8(2)11-10(13-16)12(15(18)14(11)17)9-6-4-3-5-7-9/h3-8,18H,1-2H3. The molecule has 0 saturated heterocycles. The molecule has 0 radical (unpaired) electrons. The van der Waals surface area contributed by atoms with Crippen molar-refractivity contribution < 1.29 is 10.1 Å². The molecule has 0 aliphatic rings. The van der Waals surface area contributed by atoms with Crippen molar-refractivity contribution in [1.29, 1.82) is 0 Å². The molecule has 1 heterocycles. The van der Waals surface area contributed by atoms with Crippen molar-refractivity contribution in [3.8, 4) is 11.3 Å². The summed E-state index contributed by atoms with van der Waals surface area (Å²) in [7, 11) is 0. The lowest BCUT2D eigenvalue weighted by atomic mass is 10.1. The molecule has 2 rings (SSSR count). The molecular weight excluding hydrogens is 234 g/mol. The van der Waals surface area contributed by atoms with Gasteiger partial charge in [0.15, 0.2) is 5.69 Å². The maximum atomic E-state index is 11.8. The highest BCUT2D eigenvalue weighted by atomic mass is 16.6. The third-order valence-corrected chi connectivity index (χ3v) is 2.73. The molecule has 0 bridgehead atoms. The Balaban J connectivity index is 2.76. The van der Waals surface area contributed by atoms with Crippen molar-refractivity contribution in [2.75, 3.05) is 0 Å². The van der Waals surface area contributed by atoms with Crippen molar-refractivity contribution >= 4 is 5.69 Å². The molecular formula is C12H13N3O3. The SMILES string of the molecule is CC(C)c1c(N=O)c(-c2ccccc2)n(O)[n+]1[O-]. The lowest BCUT2D eigenvalue weighted by molar-refractivity contribution is -0.731. The van der Waals surface area contributed by atoms with E-state index in [1.165, 1.54) is 0 Å². The summed E-state index contributed by atoms with van der Waals surface area (Å²) < 4.78 is 0. The molecule has 0 saturated carbocycles. The van der Waals surface area contributed by atoms with Crippen LogP contribution in [-0.4, -0.2) is 10.1 Å². The first-order chi connectivity index (χ1) is 8.57. The molecule has 6 heteroatoms. The topological polar surface area (TPSA) is 81.5 Å². The van der Waals surface area contributed by atoms with Gasteiger partial charge in [0.1, 0.15) is 0 Å². The Bertz CT molecular complexity index is 576. The first kappa shape index (κ1) is 12.1. The van der Waals surface area contributed by atoms with Crippen LogP contribution in [0.4, 0.5) is 5.69 Å². The second-order valence-corrected chi connectivity index (χ2v) is 4.26. The third kappa shape index (κ3) is 1.71. The average molecular weight is 247 g/mol. The molecule has 1 aromatic carbocycles. The predicted molar refractivity (Wildman–Crippen MR) is 65.6 cm³/mol. The summed E-state index contributed by atoms with van der Waals surface area (Å²) in [6.07, 6.45) is 0. The Kier molecular flexibility index (Phi) is 3.01. The van der Waals surface area contributed by atoms with Gasteiger partial charge in [0, 0.05) is 16.3 Å². The highest BCUT2D eigenvalue weighted by molar-refractivity contribution is 5.73. The molecule has 0 aliphatic heterocycles. The number of rotatable bonds is 3. The van der Waals surface area contributed by atoms with Crippen LogP contribution >= 0.6 is 0 Å². The van der Waals surface area contributed by atoms with E-state index in [1.807, 2.05) is 0 Å². The van der Waals surface area contributed by atoms with Gasteiger partial charge in [0.25, 0.3) is 5.69 Å². The fourth-order valence-electron chi connectivity index (χ4n) is 1.93. The van der Waals surface area contributed by atoms with E-state index in [0.717, 1.165) is 0 Å². The summed E-state index contributed by atoms with van der Waals surface area (Å²) in [6.45, 7) is 3.51. The second kappa shape index (κ2) is 4.48. The van der Waals surface area contributed by atoms with Gasteiger partial charge in [-0.05, 0) is 10.0 Å². The fourth-order valence-corrected chi connectivity index (χ4v) is 1.93. The van der Waals surface area contributed by atoms with Crippen LogP contribution in [0.5, 0.6) is 0 Å². The Labute approximate surface area is 104 Å². The quantitative estimate of drug-likeness (QED) is 0.391. The van der Waals surface area contributed by atoms with Crippen molar-refractivity contribution in [3.63, 3.8) is 0 Å². The van der Waals surface area contributed by atoms with Crippen molar-refractivity contribution in [2.45, 2.75) is 19.8 Å². The second-order valence-electron chi connectivity index (χ2n) is 4.26. The van der Waals surface area contributed by atoms with E-state index in [9.17, 15) is 15.3 Å². The van der Waals surface area contributed by atoms with Crippen LogP contribution in [0.3, 0.4) is 0 Å². The maximum absolute atomic E-state index is 11.8. The highest BCUT2D eigenvalue weighted by Crippen LogP contribution is 2.34. The van der Waals surface area contributed by atoms with E-state index in [-0.39, 0.29) is 23.0 Å². The third-order valence-electron chi connectivity index (χ3n) is 2.73. The Morgan fingerprint density at radius 2 is 1.94 bits per heavy atom. The first-order valence-corrected chi connectivity index (χ1v) is 5.54. The van der Waals surface area contributed by atoms with Crippen molar-refractivity contribution in [3.05, 3.63) is 46.1 Å². The number of hydrogen-bond donors (Lipinski definition) is 1. The van der Waals surface area contributed by atoms with Crippen LogP contribution in [0, 0.1) is 10.1 Å². The zero-order valence-electron chi connectivity index (χ0n) is 10.1. The van der Waals surface area contributed by atoms with Crippen LogP contribution < -0.4 is 4.85 Å². The van der Waals surface area contributed by atoms with Crippen molar-refractivity contribution in [1.82, 2.24) is 4.85 Å². The van der Waals surface area contributed by atoms with E-state index in [0.29, 0.717) is 15.3 Å². The molecule has 0 unspecified atom stereocenters. The van der Waals surface area contributed by atoms with Crippen LogP contribution in [0.25, 0.3) is 11.3 Å². The van der Waals surface area contributed by atoms with Gasteiger partial charge in [-0.15, -0.1) is 4.91 Å². The van der Waals surface area contributed by atoms with E-state index in [2.05, 4.69) is 5.18 Å². The van der Waals surface area contributed by atoms with Gasteiger partial charge in [-0.25, -0.2) is 0 Å². The van der Waals surface area contributed by atoms with Gasteiger partial charge in [0.05, 0.1) is 0 Å². The molecule has 18 heavy (non-hydrogen) atoms. The lowest BCUT2D eigenvalue weighted by Crippen LogP contribution is -2.40. The fraction of sp³-hybridized carbons (Fsp3) is 0.250. The summed E-state index contributed by atoms with van der Waals surface area (Å²) >= 11 is 0. The summed E-state index contributed by atoms with van der Waals surface area (Å²) in [5, 5.41) is 24.5. The van der Waals surface area contributed by atoms with Crippen molar-refractivity contribution in [2.24, 2.45) is 5.18 Å². The highest BCUT2D eigenvalue weighted by Gasteiger charge is 2.31. The summed E-state index contributed by atoms with van der Waals surface area (Å²) in [5.74, 6) is -0.217. The van der Waals surface area contributed by atoms with Crippen LogP contribution in [0.1, 0.15) is 25.5 Å². The summed E-state index contributed by atoms with van der Waals surface area (Å²) in [4.78, 5) is 11.7. The van der Waals surface area contributed by atoms with E-state index < -0.39 is 0 Å². The predicted octanol–water partition coefficient (Wildman–Crippen LogP) is 2.55. The summed E-state index contributed by atoms with van der Waals surface area (Å²) in [5.41, 5.74) is 0.815. The van der Waals surface area contributed by atoms with Gasteiger partial charge >= 0.3 is 0 Å². The molecule has 2 aromatic rings. The van der Waals surface area contributed by atoms with Gasteiger partial charge in [-0.1, -0.05) is 44.2 Å². The average Bonchev–Trinajstić information content (AvgIpc) is 2.63. The lowest BCUT2D eigenvalue weighted by Gasteiger charge is -2.01. The normalized spacial score (nSPS) is 10.8. The van der Waals surface area contributed by atoms with Crippen LogP contribution in [0.15, 0.2) is 35.5 Å². The zero-order valence-corrected chi connectivity index (χ0v) is 10.1. The molecule has 0 amide bonds. The van der Waals surface area contributed by atoms with Gasteiger partial charge < -0.3 is 10.4 Å². The smallest absolute Gasteiger partial charge is 0.257 e. The largest absolute Gasteiger partial charge is 0.593 e. The summed E-state index contributed by atoms with van der Waals surface area (Å²) in [6, 6.07) is 8.70. The molecule has 94 valence electrons. The van der Waals surface area contributed by atoms with Gasteiger partial charge in [0.2, 0.25) is 5.69 Å². The molecule has 1 N–H and O–H groups in total. The zero-order chi connectivity index (χ0) is 13.3. The van der Waals surface area contributed by atoms with E-state index >= 15 is 0 Å². The monoisotopic (exact) mass is 247 g/mol. The van der Waals surface area contributed by atoms with E-state index in [4.69, 9.17) is 0 Å². The van der Waals surface area contributed by atoms with Gasteiger partial charge in [-0.2, -0.15) is 0 Å². The Hall–Kier alpha value is -2.37. The molecule has 6 nitrogen and oxygen atoms in total. The minimum absolute atomic E-state index is 0.0197. The van der Waals surface area contributed by atoms with Gasteiger partial charge in [-0.3, -0.25) is 0 Å². The Morgan fingerprint density at radius 3 is 2.44 bits per heavy atom. The number of hydrogen-bond acceptors (Lipinski definition) is 4. The minimum Gasteiger partial charge on any atom is -0.593 e. The van der Waals surface area contributed by atoms with E-state index in [1.54, 1.807) is 44.2 Å². The first-order valence-electron chi connectivity index (χ1n) is 5.54. The molecule has 0 aliphatic carbocycles. The van der Waals surface area contributed by atoms with Crippen LogP contribution in [-0.2, 0) is 0 Å². The molecule has 0 atom stereocenters. The number of nitrogens with zero attached hydrogens (tertiary/aromatic N) is 3. The molecule has 0 spiro atoms. The number of nitroso groups, excluding NO2 is 1. The number of benzene rings is 1. The number of aromatic nitrogens is 2. The maximum Gasteiger partial charge on any atom is 0.257 e. The molecule has 0 fully saturated rings.